The van der Waals surface area contributed by atoms with E-state index in [4.69, 9.17) is 4.74 Å². The van der Waals surface area contributed by atoms with E-state index in [1.165, 1.54) is 43.4 Å². The van der Waals surface area contributed by atoms with Gasteiger partial charge in [0, 0.05) is 17.4 Å². The highest BCUT2D eigenvalue weighted by molar-refractivity contribution is 7.14. The molecule has 2 rings (SSSR count). The van der Waals surface area contributed by atoms with Gasteiger partial charge in [0.1, 0.15) is 5.56 Å². The first kappa shape index (κ1) is 19.3. The van der Waals surface area contributed by atoms with Gasteiger partial charge in [0.15, 0.2) is 6.61 Å². The number of ether oxygens (including phenoxy) is 1. The minimum absolute atomic E-state index is 0.181. The number of nitro benzene ring substituents is 1. The second kappa shape index (κ2) is 8.34. The molecule has 8 nitrogen and oxygen atoms in total. The third-order valence-electron chi connectivity index (χ3n) is 3.42. The van der Waals surface area contributed by atoms with Crippen LogP contribution >= 0.6 is 11.3 Å². The Bertz CT molecular complexity index is 874. The van der Waals surface area contributed by atoms with Crippen molar-refractivity contribution in [2.24, 2.45) is 0 Å². The summed E-state index contributed by atoms with van der Waals surface area (Å²) in [6, 6.07) is 7.58. The lowest BCUT2D eigenvalue weighted by molar-refractivity contribution is -0.385. The van der Waals surface area contributed by atoms with Crippen molar-refractivity contribution in [3.8, 4) is 0 Å². The van der Waals surface area contributed by atoms with Gasteiger partial charge in [-0.2, -0.15) is 0 Å². The molecule has 0 aliphatic heterocycles. The molecular weight excluding hydrogens is 360 g/mol. The Hall–Kier alpha value is -3.07. The first-order valence-corrected chi connectivity index (χ1v) is 8.38. The molecule has 136 valence electrons. The quantitative estimate of drug-likeness (QED) is 0.344. The topological polar surface area (TPSA) is 116 Å². The molecule has 26 heavy (non-hydrogen) atoms. The number of esters is 1. The molecule has 2 aromatic rings. The van der Waals surface area contributed by atoms with E-state index >= 15 is 0 Å². The molecule has 1 aromatic heterocycles. The Balaban J connectivity index is 2.02. The van der Waals surface area contributed by atoms with Crippen molar-refractivity contribution in [2.45, 2.75) is 20.4 Å². The van der Waals surface area contributed by atoms with Crippen LogP contribution in [0.25, 0.3) is 0 Å². The van der Waals surface area contributed by atoms with Gasteiger partial charge in [-0.05, 0) is 25.1 Å². The molecule has 1 amide bonds. The van der Waals surface area contributed by atoms with E-state index < -0.39 is 23.3 Å². The van der Waals surface area contributed by atoms with E-state index in [-0.39, 0.29) is 17.2 Å². The highest BCUT2D eigenvalue weighted by Gasteiger charge is 2.24. The molecule has 1 heterocycles. The van der Waals surface area contributed by atoms with E-state index in [1.807, 2.05) is 0 Å². The van der Waals surface area contributed by atoms with Crippen LogP contribution in [0.4, 0.5) is 5.69 Å². The van der Waals surface area contributed by atoms with Crippen LogP contribution in [-0.2, 0) is 16.1 Å². The Morgan fingerprint density at radius 3 is 2.62 bits per heavy atom. The Kier molecular flexibility index (Phi) is 6.18. The van der Waals surface area contributed by atoms with Crippen LogP contribution in [0, 0.1) is 17.0 Å². The summed E-state index contributed by atoms with van der Waals surface area (Å²) in [6.07, 6.45) is 0. The summed E-state index contributed by atoms with van der Waals surface area (Å²) in [5.74, 6) is -1.53. The molecule has 1 N–H and O–H groups in total. The van der Waals surface area contributed by atoms with E-state index in [9.17, 15) is 24.5 Å². The Labute approximate surface area is 152 Å². The lowest BCUT2D eigenvalue weighted by Gasteiger charge is -2.05. The third-order valence-corrected chi connectivity index (χ3v) is 4.55. The fourth-order valence-corrected chi connectivity index (χ4v) is 3.05. The van der Waals surface area contributed by atoms with E-state index in [0.29, 0.717) is 17.0 Å². The predicted molar refractivity (Wildman–Crippen MR) is 94.3 cm³/mol. The Morgan fingerprint density at radius 2 is 1.96 bits per heavy atom. The van der Waals surface area contributed by atoms with Gasteiger partial charge < -0.3 is 10.1 Å². The number of nitro groups is 1. The minimum Gasteiger partial charge on any atom is -0.453 e. The maximum Gasteiger partial charge on any atom is 0.345 e. The number of thiophene rings is 1. The largest absolute Gasteiger partial charge is 0.453 e. The zero-order valence-corrected chi connectivity index (χ0v) is 14.9. The molecule has 0 saturated carbocycles. The summed E-state index contributed by atoms with van der Waals surface area (Å²) < 4.78 is 4.94. The van der Waals surface area contributed by atoms with Gasteiger partial charge in [-0.1, -0.05) is 12.1 Å². The highest BCUT2D eigenvalue weighted by Crippen LogP contribution is 2.24. The van der Waals surface area contributed by atoms with Gasteiger partial charge in [-0.15, -0.1) is 11.3 Å². The smallest absolute Gasteiger partial charge is 0.345 e. The lowest BCUT2D eigenvalue weighted by Crippen LogP contribution is -2.18. The van der Waals surface area contributed by atoms with Gasteiger partial charge in [-0.3, -0.25) is 19.7 Å². The number of Topliss-reactive ketones (excluding diaryl/α,β-unsaturated/α-hetero) is 1. The number of nitrogens with zero attached hydrogens (tertiary/aromatic N) is 1. The number of benzene rings is 1. The molecule has 0 aliphatic rings. The van der Waals surface area contributed by atoms with Crippen LogP contribution in [0.3, 0.4) is 0 Å². The molecule has 0 unspecified atom stereocenters. The Morgan fingerprint density at radius 1 is 1.23 bits per heavy atom. The molecule has 0 atom stereocenters. The van der Waals surface area contributed by atoms with Crippen LogP contribution < -0.4 is 5.32 Å². The van der Waals surface area contributed by atoms with Gasteiger partial charge in [-0.25, -0.2) is 4.79 Å². The van der Waals surface area contributed by atoms with Gasteiger partial charge in [0.05, 0.1) is 16.3 Å². The molecule has 0 saturated heterocycles. The number of carbonyl (C=O) groups is 3. The highest BCUT2D eigenvalue weighted by atomic mass is 32.1. The number of carbonyl (C=O) groups excluding carboxylic acids is 3. The first-order chi connectivity index (χ1) is 12.3. The molecule has 0 spiro atoms. The zero-order chi connectivity index (χ0) is 19.3. The lowest BCUT2D eigenvalue weighted by atomic mass is 10.1. The molecule has 0 fully saturated rings. The maximum atomic E-state index is 12.1. The molecule has 0 aliphatic carbocycles. The first-order valence-electron chi connectivity index (χ1n) is 7.57. The van der Waals surface area contributed by atoms with Gasteiger partial charge in [0.2, 0.25) is 11.7 Å². The average Bonchev–Trinajstić information content (AvgIpc) is 3.06. The summed E-state index contributed by atoms with van der Waals surface area (Å²) >= 11 is 1.18. The predicted octanol–water partition coefficient (Wildman–Crippen LogP) is 2.64. The van der Waals surface area contributed by atoms with Crippen molar-refractivity contribution in [3.05, 3.63) is 61.3 Å². The number of ketones is 1. The molecular formula is C17H16N2O6S. The number of hydrogen-bond donors (Lipinski definition) is 1. The minimum atomic E-state index is -0.927. The van der Waals surface area contributed by atoms with Crippen LogP contribution in [0.1, 0.15) is 37.4 Å². The fourth-order valence-electron chi connectivity index (χ4n) is 2.18. The van der Waals surface area contributed by atoms with E-state index in [1.54, 1.807) is 12.1 Å². The molecule has 9 heteroatoms. The van der Waals surface area contributed by atoms with Gasteiger partial charge >= 0.3 is 5.97 Å². The fraction of sp³-hybridized carbons (Fsp3) is 0.235. The number of amides is 1. The summed E-state index contributed by atoms with van der Waals surface area (Å²) in [5.41, 5.74) is -0.198. The van der Waals surface area contributed by atoms with Crippen molar-refractivity contribution < 1.29 is 24.0 Å². The van der Waals surface area contributed by atoms with Crippen molar-refractivity contribution in [1.82, 2.24) is 5.32 Å². The van der Waals surface area contributed by atoms with E-state index in [2.05, 4.69) is 5.32 Å². The second-order valence-electron chi connectivity index (χ2n) is 5.40. The normalized spacial score (nSPS) is 10.2. The van der Waals surface area contributed by atoms with E-state index in [0.717, 1.165) is 4.88 Å². The molecule has 0 bridgehead atoms. The number of nitrogens with one attached hydrogen (secondary N) is 1. The SMILES string of the molecule is CC(=O)NCc1ccc(C(=O)COC(=O)c2cccc(C)c2[N+](=O)[O-])s1. The number of aryl methyl sites for hydroxylation is 1. The van der Waals surface area contributed by atoms with Crippen molar-refractivity contribution in [2.75, 3.05) is 6.61 Å². The number of hydrogen-bond acceptors (Lipinski definition) is 7. The van der Waals surface area contributed by atoms with Crippen molar-refractivity contribution >= 4 is 34.7 Å². The molecule has 1 aromatic carbocycles. The third kappa shape index (κ3) is 4.73. The van der Waals surface area contributed by atoms with Crippen LogP contribution in [0.15, 0.2) is 30.3 Å². The van der Waals surface area contributed by atoms with Crippen molar-refractivity contribution in [3.63, 3.8) is 0 Å². The standard InChI is InChI=1S/C17H16N2O6S/c1-10-4-3-5-13(16(10)19(23)24)17(22)25-9-14(21)15-7-6-12(26-15)8-18-11(2)20/h3-7H,8-9H2,1-2H3,(H,18,20). The maximum absolute atomic E-state index is 12.1. The monoisotopic (exact) mass is 376 g/mol. The zero-order valence-electron chi connectivity index (χ0n) is 14.1. The number of rotatable bonds is 7. The summed E-state index contributed by atoms with van der Waals surface area (Å²) in [4.78, 5) is 46.8. The van der Waals surface area contributed by atoms with Crippen LogP contribution in [0.2, 0.25) is 0 Å². The average molecular weight is 376 g/mol. The van der Waals surface area contributed by atoms with Crippen LogP contribution in [0.5, 0.6) is 0 Å². The second-order valence-corrected chi connectivity index (χ2v) is 6.57. The molecule has 0 radical (unpaired) electrons. The summed E-state index contributed by atoms with van der Waals surface area (Å²) in [5, 5.41) is 13.7. The van der Waals surface area contributed by atoms with Crippen molar-refractivity contribution in [1.29, 1.82) is 0 Å². The summed E-state index contributed by atoms with van der Waals surface area (Å²) in [7, 11) is 0. The van der Waals surface area contributed by atoms with Gasteiger partial charge in [0.25, 0.3) is 5.69 Å². The summed E-state index contributed by atoms with van der Waals surface area (Å²) in [6.45, 7) is 2.69. The van der Waals surface area contributed by atoms with Crippen LogP contribution in [-0.4, -0.2) is 29.2 Å². The number of para-hydroxylation sites is 1.